The summed E-state index contributed by atoms with van der Waals surface area (Å²) in [4.78, 5) is 0. The van der Waals surface area contributed by atoms with Gasteiger partial charge < -0.3 is 0 Å². The van der Waals surface area contributed by atoms with E-state index in [0.29, 0.717) is 5.88 Å². The van der Waals surface area contributed by atoms with Gasteiger partial charge in [0.2, 0.25) is 0 Å². The van der Waals surface area contributed by atoms with E-state index in [2.05, 4.69) is 57.6 Å². The number of hydrogen-bond acceptors (Lipinski definition) is 0. The third kappa shape index (κ3) is 2.33. The molecule has 0 saturated heterocycles. The standard InChI is InChI=1S/C8H7BrClI/c1-5-7(9)2-6(4-10)3-8(5)11/h2-3H,4H2,1H3. The summed E-state index contributed by atoms with van der Waals surface area (Å²) in [5.74, 6) is 0.578. The molecule has 0 atom stereocenters. The first-order valence-corrected chi connectivity index (χ1v) is 5.56. The summed E-state index contributed by atoms with van der Waals surface area (Å²) in [5, 5.41) is 0. The lowest BCUT2D eigenvalue weighted by Gasteiger charge is -2.03. The minimum Gasteiger partial charge on any atom is -0.122 e. The molecule has 0 amide bonds. The van der Waals surface area contributed by atoms with Crippen LogP contribution in [-0.4, -0.2) is 0 Å². The summed E-state index contributed by atoms with van der Waals surface area (Å²) in [5.41, 5.74) is 2.44. The fraction of sp³-hybridized carbons (Fsp3) is 0.250. The van der Waals surface area contributed by atoms with Crippen LogP contribution >= 0.6 is 50.1 Å². The molecule has 0 nitrogen and oxygen atoms in total. The monoisotopic (exact) mass is 344 g/mol. The Balaban J connectivity index is 3.21. The van der Waals surface area contributed by atoms with Crippen LogP contribution in [0.2, 0.25) is 0 Å². The molecule has 0 saturated carbocycles. The highest BCUT2D eigenvalue weighted by molar-refractivity contribution is 14.1. The quantitative estimate of drug-likeness (QED) is 0.531. The topological polar surface area (TPSA) is 0 Å². The van der Waals surface area contributed by atoms with Crippen LogP contribution in [-0.2, 0) is 5.88 Å². The van der Waals surface area contributed by atoms with Crippen molar-refractivity contribution < 1.29 is 0 Å². The van der Waals surface area contributed by atoms with Gasteiger partial charge in [-0.2, -0.15) is 0 Å². The molecule has 1 rings (SSSR count). The Morgan fingerprint density at radius 2 is 2.18 bits per heavy atom. The van der Waals surface area contributed by atoms with Crippen LogP contribution in [0.1, 0.15) is 11.1 Å². The Hall–Kier alpha value is 0.720. The van der Waals surface area contributed by atoms with Crippen molar-refractivity contribution in [1.82, 2.24) is 0 Å². The van der Waals surface area contributed by atoms with Gasteiger partial charge in [0.1, 0.15) is 0 Å². The fourth-order valence-electron chi connectivity index (χ4n) is 0.775. The molecule has 0 bridgehead atoms. The van der Waals surface area contributed by atoms with Crippen molar-refractivity contribution >= 4 is 50.1 Å². The predicted molar refractivity (Wildman–Crippen MR) is 61.2 cm³/mol. The SMILES string of the molecule is Cc1c(Br)cc(CCl)cc1I. The van der Waals surface area contributed by atoms with Gasteiger partial charge in [-0.25, -0.2) is 0 Å². The molecule has 0 radical (unpaired) electrons. The van der Waals surface area contributed by atoms with E-state index in [4.69, 9.17) is 11.6 Å². The van der Waals surface area contributed by atoms with E-state index < -0.39 is 0 Å². The number of halogens is 3. The van der Waals surface area contributed by atoms with Crippen LogP contribution in [0.3, 0.4) is 0 Å². The van der Waals surface area contributed by atoms with Crippen LogP contribution in [0, 0.1) is 10.5 Å². The van der Waals surface area contributed by atoms with E-state index in [-0.39, 0.29) is 0 Å². The van der Waals surface area contributed by atoms with Crippen molar-refractivity contribution in [3.05, 3.63) is 31.3 Å². The molecule has 0 spiro atoms. The lowest BCUT2D eigenvalue weighted by atomic mass is 10.2. The van der Waals surface area contributed by atoms with Crippen molar-refractivity contribution in [3.63, 3.8) is 0 Å². The molecule has 0 N–H and O–H groups in total. The molecule has 1 aromatic carbocycles. The van der Waals surface area contributed by atoms with E-state index in [9.17, 15) is 0 Å². The molecule has 1 aromatic rings. The number of alkyl halides is 1. The number of rotatable bonds is 1. The zero-order valence-electron chi connectivity index (χ0n) is 6.00. The van der Waals surface area contributed by atoms with Crippen LogP contribution in [0.4, 0.5) is 0 Å². The second-order valence-corrected chi connectivity index (χ2v) is 4.60. The molecule has 0 aliphatic rings. The summed E-state index contributed by atoms with van der Waals surface area (Å²) >= 11 is 11.5. The normalized spacial score (nSPS) is 10.2. The largest absolute Gasteiger partial charge is 0.122 e. The van der Waals surface area contributed by atoms with E-state index in [1.807, 2.05) is 0 Å². The van der Waals surface area contributed by atoms with Crippen molar-refractivity contribution in [3.8, 4) is 0 Å². The first kappa shape index (κ1) is 9.81. The molecular weight excluding hydrogens is 338 g/mol. The molecular formula is C8H7BrClI. The summed E-state index contributed by atoms with van der Waals surface area (Å²) in [6, 6.07) is 4.16. The summed E-state index contributed by atoms with van der Waals surface area (Å²) in [7, 11) is 0. The summed E-state index contributed by atoms with van der Waals surface area (Å²) in [6.07, 6.45) is 0. The minimum absolute atomic E-state index is 0.578. The van der Waals surface area contributed by atoms with E-state index >= 15 is 0 Å². The highest BCUT2D eigenvalue weighted by atomic mass is 127. The Kier molecular flexibility index (Phi) is 3.65. The lowest BCUT2D eigenvalue weighted by molar-refractivity contribution is 1.31. The molecule has 0 aliphatic carbocycles. The van der Waals surface area contributed by atoms with Gasteiger partial charge in [0.25, 0.3) is 0 Å². The van der Waals surface area contributed by atoms with Gasteiger partial charge in [-0.05, 0) is 52.8 Å². The summed E-state index contributed by atoms with van der Waals surface area (Å²) < 4.78 is 2.40. The van der Waals surface area contributed by atoms with E-state index in [1.54, 1.807) is 0 Å². The van der Waals surface area contributed by atoms with Crippen LogP contribution in [0.5, 0.6) is 0 Å². The Morgan fingerprint density at radius 1 is 1.55 bits per heavy atom. The second-order valence-electron chi connectivity index (χ2n) is 2.32. The highest BCUT2D eigenvalue weighted by Gasteiger charge is 2.01. The predicted octanol–water partition coefficient (Wildman–Crippen LogP) is 4.10. The van der Waals surface area contributed by atoms with Gasteiger partial charge in [-0.15, -0.1) is 11.6 Å². The molecule has 11 heavy (non-hydrogen) atoms. The summed E-state index contributed by atoms with van der Waals surface area (Å²) in [6.45, 7) is 2.09. The minimum atomic E-state index is 0.578. The third-order valence-corrected chi connectivity index (χ3v) is 3.75. The molecule has 0 unspecified atom stereocenters. The average molecular weight is 345 g/mol. The zero-order valence-corrected chi connectivity index (χ0v) is 10.5. The Labute approximate surface area is 93.6 Å². The van der Waals surface area contributed by atoms with Crippen LogP contribution < -0.4 is 0 Å². The fourth-order valence-corrected chi connectivity index (χ4v) is 2.50. The Bertz CT molecular complexity index is 250. The van der Waals surface area contributed by atoms with Crippen LogP contribution in [0.25, 0.3) is 0 Å². The van der Waals surface area contributed by atoms with Crippen LogP contribution in [0.15, 0.2) is 16.6 Å². The number of benzene rings is 1. The first-order chi connectivity index (χ1) is 5.15. The molecule has 0 fully saturated rings. The molecule has 0 aromatic heterocycles. The maximum absolute atomic E-state index is 5.70. The maximum Gasteiger partial charge on any atom is 0.0474 e. The van der Waals surface area contributed by atoms with Gasteiger partial charge in [0.05, 0.1) is 0 Å². The first-order valence-electron chi connectivity index (χ1n) is 3.15. The molecule has 0 aliphatic heterocycles. The highest BCUT2D eigenvalue weighted by Crippen LogP contribution is 2.24. The van der Waals surface area contributed by atoms with Gasteiger partial charge in [0, 0.05) is 13.9 Å². The van der Waals surface area contributed by atoms with Gasteiger partial charge >= 0.3 is 0 Å². The molecule has 0 heterocycles. The van der Waals surface area contributed by atoms with Gasteiger partial charge in [0.15, 0.2) is 0 Å². The van der Waals surface area contributed by atoms with Gasteiger partial charge in [-0.1, -0.05) is 15.9 Å². The van der Waals surface area contributed by atoms with Crippen molar-refractivity contribution in [1.29, 1.82) is 0 Å². The Morgan fingerprint density at radius 3 is 2.64 bits per heavy atom. The molecule has 3 heteroatoms. The molecule has 60 valence electrons. The smallest absolute Gasteiger partial charge is 0.0474 e. The van der Waals surface area contributed by atoms with E-state index in [0.717, 1.165) is 10.0 Å². The van der Waals surface area contributed by atoms with Gasteiger partial charge in [-0.3, -0.25) is 0 Å². The maximum atomic E-state index is 5.70. The average Bonchev–Trinajstić information content (AvgIpc) is 1.99. The zero-order chi connectivity index (χ0) is 8.43. The van der Waals surface area contributed by atoms with Crippen molar-refractivity contribution in [2.75, 3.05) is 0 Å². The third-order valence-electron chi connectivity index (χ3n) is 1.50. The number of hydrogen-bond donors (Lipinski definition) is 0. The van der Waals surface area contributed by atoms with Crippen molar-refractivity contribution in [2.45, 2.75) is 12.8 Å². The second kappa shape index (κ2) is 4.10. The van der Waals surface area contributed by atoms with E-state index in [1.165, 1.54) is 9.13 Å². The lowest BCUT2D eigenvalue weighted by Crippen LogP contribution is -1.86. The van der Waals surface area contributed by atoms with Crippen molar-refractivity contribution in [2.24, 2.45) is 0 Å².